The Labute approximate surface area is 140 Å². The maximum atomic E-state index is 11.6. The van der Waals surface area contributed by atoms with Crippen LogP contribution >= 0.6 is 23.2 Å². The summed E-state index contributed by atoms with van der Waals surface area (Å²) >= 11 is 11.7. The zero-order chi connectivity index (χ0) is 16.5. The minimum Gasteiger partial charge on any atom is -0.463 e. The van der Waals surface area contributed by atoms with Crippen LogP contribution in [0.3, 0.4) is 0 Å². The molecule has 0 aromatic heterocycles. The number of para-hydroxylation sites is 1. The van der Waals surface area contributed by atoms with E-state index < -0.39 is 11.9 Å². The molecule has 0 amide bonds. The Balaban J connectivity index is 2.42. The quantitative estimate of drug-likeness (QED) is 0.317. The largest absolute Gasteiger partial charge is 0.463 e. The van der Waals surface area contributed by atoms with Crippen LogP contribution in [0.1, 0.15) is 26.7 Å². The predicted molar refractivity (Wildman–Crippen MR) is 86.3 cm³/mol. The van der Waals surface area contributed by atoms with E-state index in [0.717, 1.165) is 25.0 Å². The summed E-state index contributed by atoms with van der Waals surface area (Å²) in [6, 6.07) is 4.72. The van der Waals surface area contributed by atoms with Crippen molar-refractivity contribution < 1.29 is 19.1 Å². The Morgan fingerprint density at radius 2 is 1.73 bits per heavy atom. The highest BCUT2D eigenvalue weighted by Crippen LogP contribution is 2.32. The van der Waals surface area contributed by atoms with Crippen LogP contribution in [0.25, 0.3) is 0 Å². The smallest absolute Gasteiger partial charge is 0.336 e. The van der Waals surface area contributed by atoms with Crippen LogP contribution in [0.2, 0.25) is 10.0 Å². The van der Waals surface area contributed by atoms with Crippen LogP contribution < -0.4 is 4.74 Å². The van der Waals surface area contributed by atoms with Crippen LogP contribution in [0.15, 0.2) is 30.4 Å². The van der Waals surface area contributed by atoms with E-state index in [9.17, 15) is 9.59 Å². The molecule has 0 heterocycles. The zero-order valence-corrected chi connectivity index (χ0v) is 14.0. The topological polar surface area (TPSA) is 52.6 Å². The van der Waals surface area contributed by atoms with Crippen molar-refractivity contribution in [3.05, 3.63) is 40.4 Å². The lowest BCUT2D eigenvalue weighted by Crippen LogP contribution is -2.08. The lowest BCUT2D eigenvalue weighted by Gasteiger charge is -2.06. The molecule has 0 N–H and O–H groups in total. The summed E-state index contributed by atoms with van der Waals surface area (Å²) in [6.07, 6.45) is 3.76. The molecule has 0 fully saturated rings. The lowest BCUT2D eigenvalue weighted by atomic mass is 10.1. The number of rotatable bonds is 7. The molecular weight excluding hydrogens is 327 g/mol. The normalized spacial score (nSPS) is 11.0. The van der Waals surface area contributed by atoms with Crippen molar-refractivity contribution in [3.8, 4) is 5.75 Å². The summed E-state index contributed by atoms with van der Waals surface area (Å²) in [5.74, 6) is -0.726. The van der Waals surface area contributed by atoms with Gasteiger partial charge >= 0.3 is 11.9 Å². The Hall–Kier alpha value is -1.52. The maximum absolute atomic E-state index is 11.6. The van der Waals surface area contributed by atoms with Gasteiger partial charge in [0.1, 0.15) is 0 Å². The Morgan fingerprint density at radius 1 is 1.14 bits per heavy atom. The predicted octanol–water partition coefficient (Wildman–Crippen LogP) is 4.43. The van der Waals surface area contributed by atoms with E-state index in [1.807, 2.05) is 0 Å². The molecule has 6 heteroatoms. The third-order valence-corrected chi connectivity index (χ3v) is 3.24. The van der Waals surface area contributed by atoms with Gasteiger partial charge < -0.3 is 9.47 Å². The Kier molecular flexibility index (Phi) is 7.99. The van der Waals surface area contributed by atoms with Gasteiger partial charge in [-0.3, -0.25) is 0 Å². The molecule has 120 valence electrons. The second kappa shape index (κ2) is 9.49. The van der Waals surface area contributed by atoms with Crippen LogP contribution in [-0.4, -0.2) is 18.5 Å². The summed E-state index contributed by atoms with van der Waals surface area (Å²) in [6.45, 7) is 4.52. The van der Waals surface area contributed by atoms with Crippen molar-refractivity contribution in [2.24, 2.45) is 5.92 Å². The summed E-state index contributed by atoms with van der Waals surface area (Å²) < 4.78 is 9.94. The van der Waals surface area contributed by atoms with Gasteiger partial charge in [-0.05, 0) is 30.9 Å². The van der Waals surface area contributed by atoms with Gasteiger partial charge in [0.2, 0.25) is 0 Å². The number of hydrogen-bond donors (Lipinski definition) is 0. The van der Waals surface area contributed by atoms with Crippen molar-refractivity contribution in [2.45, 2.75) is 26.7 Å². The van der Waals surface area contributed by atoms with Gasteiger partial charge in [-0.25, -0.2) is 9.59 Å². The third-order valence-electron chi connectivity index (χ3n) is 2.65. The van der Waals surface area contributed by atoms with Gasteiger partial charge in [0, 0.05) is 12.2 Å². The van der Waals surface area contributed by atoms with Crippen molar-refractivity contribution >= 4 is 35.1 Å². The minimum absolute atomic E-state index is 0.0609. The number of carbonyl (C=O) groups is 2. The van der Waals surface area contributed by atoms with Gasteiger partial charge in [-0.2, -0.15) is 0 Å². The molecule has 4 nitrogen and oxygen atoms in total. The molecule has 0 radical (unpaired) electrons. The van der Waals surface area contributed by atoms with E-state index in [2.05, 4.69) is 13.8 Å². The molecule has 0 bridgehead atoms. The van der Waals surface area contributed by atoms with E-state index >= 15 is 0 Å². The molecule has 0 atom stereocenters. The molecule has 22 heavy (non-hydrogen) atoms. The van der Waals surface area contributed by atoms with Gasteiger partial charge in [-0.1, -0.05) is 43.1 Å². The van der Waals surface area contributed by atoms with E-state index in [-0.39, 0.29) is 15.8 Å². The molecule has 0 aliphatic heterocycles. The van der Waals surface area contributed by atoms with Crippen LogP contribution in [0, 0.1) is 5.92 Å². The Morgan fingerprint density at radius 3 is 2.32 bits per heavy atom. The number of ether oxygens (including phenoxy) is 2. The molecule has 0 saturated heterocycles. The molecule has 1 rings (SSSR count). The van der Waals surface area contributed by atoms with Crippen LogP contribution in [-0.2, 0) is 14.3 Å². The third kappa shape index (κ3) is 6.96. The second-order valence-electron chi connectivity index (χ2n) is 5.01. The monoisotopic (exact) mass is 344 g/mol. The lowest BCUT2D eigenvalue weighted by molar-refractivity contribution is -0.138. The van der Waals surface area contributed by atoms with Gasteiger partial charge in [0.15, 0.2) is 5.75 Å². The first-order valence-corrected chi connectivity index (χ1v) is 7.66. The average Bonchev–Trinajstić information content (AvgIpc) is 2.45. The highest BCUT2D eigenvalue weighted by molar-refractivity contribution is 6.37. The number of benzene rings is 1. The molecule has 0 unspecified atom stereocenters. The molecule has 0 aliphatic carbocycles. The van der Waals surface area contributed by atoms with Gasteiger partial charge in [0.25, 0.3) is 0 Å². The van der Waals surface area contributed by atoms with E-state index in [4.69, 9.17) is 32.7 Å². The highest BCUT2D eigenvalue weighted by Gasteiger charge is 2.10. The first-order chi connectivity index (χ1) is 10.4. The summed E-state index contributed by atoms with van der Waals surface area (Å²) in [5.41, 5.74) is 0. The first kappa shape index (κ1) is 18.5. The fraction of sp³-hybridized carbons (Fsp3) is 0.375. The van der Waals surface area contributed by atoms with Gasteiger partial charge in [-0.15, -0.1) is 0 Å². The summed E-state index contributed by atoms with van der Waals surface area (Å²) in [4.78, 5) is 23.0. The van der Waals surface area contributed by atoms with E-state index in [1.54, 1.807) is 18.2 Å². The molecule has 0 aliphatic rings. The standard InChI is InChI=1S/C16H18Cl2O4/c1-11(2)5-4-10-21-14(19)8-9-15(20)22-16-12(17)6-3-7-13(16)18/h3,6-9,11H,4-5,10H2,1-2H3/b9-8+. The zero-order valence-electron chi connectivity index (χ0n) is 12.5. The molecular formula is C16H18Cl2O4. The molecule has 1 aromatic carbocycles. The first-order valence-electron chi connectivity index (χ1n) is 6.90. The highest BCUT2D eigenvalue weighted by atomic mass is 35.5. The number of esters is 2. The van der Waals surface area contributed by atoms with Gasteiger partial charge in [0.05, 0.1) is 16.7 Å². The second-order valence-corrected chi connectivity index (χ2v) is 5.82. The fourth-order valence-corrected chi connectivity index (χ4v) is 2.04. The van der Waals surface area contributed by atoms with Crippen molar-refractivity contribution in [2.75, 3.05) is 6.61 Å². The summed E-state index contributed by atoms with van der Waals surface area (Å²) in [5, 5.41) is 0.427. The summed E-state index contributed by atoms with van der Waals surface area (Å²) in [7, 11) is 0. The van der Waals surface area contributed by atoms with Crippen LogP contribution in [0.5, 0.6) is 5.75 Å². The van der Waals surface area contributed by atoms with Crippen molar-refractivity contribution in [3.63, 3.8) is 0 Å². The van der Waals surface area contributed by atoms with Crippen LogP contribution in [0.4, 0.5) is 0 Å². The molecule has 0 spiro atoms. The van der Waals surface area contributed by atoms with Crippen molar-refractivity contribution in [1.29, 1.82) is 0 Å². The van der Waals surface area contributed by atoms with E-state index in [0.29, 0.717) is 12.5 Å². The number of carbonyl (C=O) groups excluding carboxylic acids is 2. The number of hydrogen-bond acceptors (Lipinski definition) is 4. The van der Waals surface area contributed by atoms with Crippen molar-refractivity contribution in [1.82, 2.24) is 0 Å². The maximum Gasteiger partial charge on any atom is 0.336 e. The minimum atomic E-state index is -0.755. The average molecular weight is 345 g/mol. The molecule has 1 aromatic rings. The van der Waals surface area contributed by atoms with E-state index in [1.165, 1.54) is 0 Å². The Bertz CT molecular complexity index is 533. The SMILES string of the molecule is CC(C)CCCOC(=O)/C=C/C(=O)Oc1c(Cl)cccc1Cl. The molecule has 0 saturated carbocycles. The number of halogens is 2. The fourth-order valence-electron chi connectivity index (χ4n) is 1.56.